The van der Waals surface area contributed by atoms with Gasteiger partial charge < -0.3 is 58.1 Å². The summed E-state index contributed by atoms with van der Waals surface area (Å²) in [6.07, 6.45) is 2.53. The lowest BCUT2D eigenvalue weighted by atomic mass is 9.97. The van der Waals surface area contributed by atoms with E-state index in [1.54, 1.807) is 27.7 Å². The molecule has 8 amide bonds. The molecule has 1 aliphatic heterocycles. The minimum Gasteiger partial charge on any atom is -0.480 e. The van der Waals surface area contributed by atoms with E-state index < -0.39 is 126 Å². The molecule has 1 aromatic carbocycles. The van der Waals surface area contributed by atoms with Crippen molar-refractivity contribution in [3.05, 3.63) is 35.9 Å². The molecular weight excluding hydrogens is 923 g/mol. The molecule has 11 N–H and O–H groups in total. The first kappa shape index (κ1) is 60.8. The van der Waals surface area contributed by atoms with Crippen LogP contribution in [0.3, 0.4) is 0 Å². The highest BCUT2D eigenvalue weighted by molar-refractivity contribution is 7.98. The van der Waals surface area contributed by atoms with Crippen molar-refractivity contribution < 1.29 is 53.4 Å². The summed E-state index contributed by atoms with van der Waals surface area (Å²) in [6.45, 7) is 17.1. The molecule has 11 unspecified atom stereocenters. The quantitative estimate of drug-likeness (QED) is 0.0536. The zero-order valence-corrected chi connectivity index (χ0v) is 43.7. The number of likely N-dealkylation sites (tertiary alicyclic amines) is 1. The number of aliphatic carboxylic acids is 1. The summed E-state index contributed by atoms with van der Waals surface area (Å²) < 4.78 is 0. The van der Waals surface area contributed by atoms with Crippen molar-refractivity contribution in [2.24, 2.45) is 29.4 Å². The molecule has 0 bridgehead atoms. The Balaban J connectivity index is 2.25. The van der Waals surface area contributed by atoms with E-state index in [9.17, 15) is 53.4 Å². The Bertz CT molecular complexity index is 1920. The Labute approximate surface area is 417 Å². The van der Waals surface area contributed by atoms with E-state index >= 15 is 0 Å². The second-order valence-corrected chi connectivity index (χ2v) is 20.6. The van der Waals surface area contributed by atoms with Crippen molar-refractivity contribution in [3.8, 4) is 0 Å². The number of carboxylic acid groups (broad SMARTS) is 1. The van der Waals surface area contributed by atoms with Crippen molar-refractivity contribution in [3.63, 3.8) is 0 Å². The minimum absolute atomic E-state index is 0.00337. The first-order valence-corrected chi connectivity index (χ1v) is 25.8. The van der Waals surface area contributed by atoms with Crippen molar-refractivity contribution in [1.29, 1.82) is 0 Å². The van der Waals surface area contributed by atoms with Crippen LogP contribution in [0.4, 0.5) is 0 Å². The molecule has 1 fully saturated rings. The van der Waals surface area contributed by atoms with E-state index in [1.807, 2.05) is 64.3 Å². The van der Waals surface area contributed by atoms with Crippen LogP contribution in [0.15, 0.2) is 30.3 Å². The highest BCUT2D eigenvalue weighted by atomic mass is 32.2. The molecule has 2 rings (SSSR count). The second-order valence-electron chi connectivity index (χ2n) is 19.6. The predicted molar refractivity (Wildman–Crippen MR) is 268 cm³/mol. The first-order chi connectivity index (χ1) is 32.8. The Kier molecular flexibility index (Phi) is 25.9. The maximum absolute atomic E-state index is 14.4. The number of aliphatic hydroxyl groups is 1. The topological polar surface area (TPSA) is 308 Å². The summed E-state index contributed by atoms with van der Waals surface area (Å²) in [7, 11) is 0. The van der Waals surface area contributed by atoms with Crippen LogP contribution in [0.1, 0.15) is 113 Å². The zero-order valence-electron chi connectivity index (χ0n) is 42.8. The molecule has 20 nitrogen and oxygen atoms in total. The largest absolute Gasteiger partial charge is 0.480 e. The Morgan fingerprint density at radius 2 is 1.23 bits per heavy atom. The van der Waals surface area contributed by atoms with Crippen molar-refractivity contribution in [1.82, 2.24) is 42.1 Å². The SMILES string of the molecule is CCC(C)C(NC(=O)C(CCSC)NC(=O)C1CCCN1C(=O)C(CC(C)C)NC(=O)C(CC(C)C)NC(=O)C(N)Cc1ccccc1)C(=O)NC(C)C(=O)NC(C(=O)NC(C(=O)O)C(C)C)C(C)O. The van der Waals surface area contributed by atoms with E-state index in [2.05, 4.69) is 37.2 Å². The first-order valence-electron chi connectivity index (χ1n) is 24.4. The van der Waals surface area contributed by atoms with Gasteiger partial charge in [-0.1, -0.05) is 92.1 Å². The normalized spacial score (nSPS) is 17.9. The standard InChI is InChI=1S/C49H81N9O11S/c1-12-29(8)39(46(65)51-30(9)41(60)57-40(31(10)59)47(66)55-38(28(6)7)49(68)69)56-43(62)34(20-22-70-11)52-45(64)37-19-16-21-58(37)48(67)36(24-27(4)5)54-44(63)35(23-26(2)3)53-42(61)33(50)25-32-17-14-13-15-18-32/h13-15,17-18,26-31,33-40,59H,12,16,19-25,50H2,1-11H3,(H,51,65)(H,52,64)(H,53,61)(H,54,63)(H,55,66)(H,56,62)(H,57,60)(H,68,69). The molecule has 0 aliphatic carbocycles. The molecule has 1 heterocycles. The summed E-state index contributed by atoms with van der Waals surface area (Å²) in [6, 6.07) is -1.11. The average Bonchev–Trinajstić information content (AvgIpc) is 3.79. The molecule has 1 aliphatic rings. The number of amides is 8. The average molecular weight is 1000 g/mol. The van der Waals surface area contributed by atoms with Crippen LogP contribution >= 0.6 is 11.8 Å². The molecule has 0 radical (unpaired) electrons. The van der Waals surface area contributed by atoms with Gasteiger partial charge in [-0.15, -0.1) is 0 Å². The highest BCUT2D eigenvalue weighted by Crippen LogP contribution is 2.22. The summed E-state index contributed by atoms with van der Waals surface area (Å²) in [5, 5.41) is 38.3. The number of thioether (sulfide) groups is 1. The number of aliphatic hydroxyl groups excluding tert-OH is 1. The number of rotatable bonds is 29. The number of hydrogen-bond donors (Lipinski definition) is 10. The van der Waals surface area contributed by atoms with Gasteiger partial charge in [0, 0.05) is 6.54 Å². The van der Waals surface area contributed by atoms with Crippen LogP contribution in [0.25, 0.3) is 0 Å². The van der Waals surface area contributed by atoms with Crippen LogP contribution in [-0.4, -0.2) is 147 Å². The van der Waals surface area contributed by atoms with Gasteiger partial charge in [-0.2, -0.15) is 11.8 Å². The third-order valence-electron chi connectivity index (χ3n) is 12.2. The predicted octanol–water partition coefficient (Wildman–Crippen LogP) is 0.974. The smallest absolute Gasteiger partial charge is 0.326 e. The third-order valence-corrected chi connectivity index (χ3v) is 12.9. The van der Waals surface area contributed by atoms with E-state index in [1.165, 1.54) is 30.5 Å². The van der Waals surface area contributed by atoms with Crippen LogP contribution in [0, 0.1) is 23.7 Å². The molecule has 1 saturated heterocycles. The fraction of sp³-hybridized carbons (Fsp3) is 0.694. The molecular formula is C49H81N9O11S. The van der Waals surface area contributed by atoms with Gasteiger partial charge in [-0.25, -0.2) is 4.79 Å². The number of benzene rings is 1. The molecule has 11 atom stereocenters. The van der Waals surface area contributed by atoms with E-state index in [0.717, 1.165) is 5.56 Å². The molecule has 0 spiro atoms. The molecule has 70 heavy (non-hydrogen) atoms. The summed E-state index contributed by atoms with van der Waals surface area (Å²) in [5.74, 6) is -7.22. The monoisotopic (exact) mass is 1000 g/mol. The molecule has 21 heteroatoms. The second kappa shape index (κ2) is 29.8. The van der Waals surface area contributed by atoms with Gasteiger partial charge in [-0.3, -0.25) is 38.4 Å². The fourth-order valence-corrected chi connectivity index (χ4v) is 8.42. The summed E-state index contributed by atoms with van der Waals surface area (Å²) >= 11 is 1.43. The summed E-state index contributed by atoms with van der Waals surface area (Å²) in [4.78, 5) is 123. The van der Waals surface area contributed by atoms with Crippen LogP contribution in [0.5, 0.6) is 0 Å². The Morgan fingerprint density at radius 3 is 1.77 bits per heavy atom. The van der Waals surface area contributed by atoms with Gasteiger partial charge in [0.2, 0.25) is 47.3 Å². The molecule has 0 saturated carbocycles. The van der Waals surface area contributed by atoms with Gasteiger partial charge in [-0.05, 0) is 93.6 Å². The van der Waals surface area contributed by atoms with E-state index in [0.29, 0.717) is 18.6 Å². The maximum atomic E-state index is 14.4. The van der Waals surface area contributed by atoms with Crippen molar-refractivity contribution >= 4 is 65.0 Å². The van der Waals surface area contributed by atoms with Crippen LogP contribution in [0.2, 0.25) is 0 Å². The number of hydrogen-bond acceptors (Lipinski definition) is 12. The van der Waals surface area contributed by atoms with Gasteiger partial charge in [0.25, 0.3) is 0 Å². The molecule has 0 aromatic heterocycles. The van der Waals surface area contributed by atoms with Crippen molar-refractivity contribution in [2.45, 2.75) is 175 Å². The van der Waals surface area contributed by atoms with Crippen molar-refractivity contribution in [2.75, 3.05) is 18.6 Å². The van der Waals surface area contributed by atoms with Gasteiger partial charge in [0.05, 0.1) is 12.1 Å². The lowest BCUT2D eigenvalue weighted by Gasteiger charge is -2.32. The van der Waals surface area contributed by atoms with Crippen LogP contribution < -0.4 is 43.0 Å². The van der Waals surface area contributed by atoms with Gasteiger partial charge in [0.1, 0.15) is 48.3 Å². The number of carbonyl (C=O) groups is 9. The number of nitrogens with one attached hydrogen (secondary N) is 7. The number of nitrogens with zero attached hydrogens (tertiary/aromatic N) is 1. The molecule has 394 valence electrons. The van der Waals surface area contributed by atoms with Crippen LogP contribution in [-0.2, 0) is 49.6 Å². The highest BCUT2D eigenvalue weighted by Gasteiger charge is 2.41. The number of carboxylic acids is 1. The number of carbonyl (C=O) groups excluding carboxylic acids is 8. The molecule has 1 aromatic rings. The number of nitrogens with two attached hydrogens (primary N) is 1. The van der Waals surface area contributed by atoms with E-state index in [4.69, 9.17) is 5.73 Å². The van der Waals surface area contributed by atoms with Gasteiger partial charge >= 0.3 is 5.97 Å². The maximum Gasteiger partial charge on any atom is 0.326 e. The Hall–Kier alpha value is -5.28. The van der Waals surface area contributed by atoms with Gasteiger partial charge in [0.15, 0.2) is 0 Å². The zero-order chi connectivity index (χ0) is 53.0. The summed E-state index contributed by atoms with van der Waals surface area (Å²) in [5.41, 5.74) is 7.12. The third kappa shape index (κ3) is 19.5. The Morgan fingerprint density at radius 1 is 0.686 bits per heavy atom. The fourth-order valence-electron chi connectivity index (χ4n) is 7.95. The minimum atomic E-state index is -1.55. The lowest BCUT2D eigenvalue weighted by molar-refractivity contribution is -0.144. The lowest BCUT2D eigenvalue weighted by Crippen LogP contribution is -2.61. The van der Waals surface area contributed by atoms with E-state index in [-0.39, 0.29) is 50.5 Å².